The Hall–Kier alpha value is -2.71. The molecule has 1 unspecified atom stereocenters. The van der Waals surface area contributed by atoms with Gasteiger partial charge in [0, 0.05) is 31.9 Å². The number of nitrogens with one attached hydrogen (secondary N) is 1. The third-order valence-electron chi connectivity index (χ3n) is 4.90. The van der Waals surface area contributed by atoms with Crippen LogP contribution in [0, 0.1) is 5.82 Å². The third-order valence-corrected chi connectivity index (χ3v) is 4.90. The molecule has 3 rings (SSSR count). The molecule has 29 heavy (non-hydrogen) atoms. The van der Waals surface area contributed by atoms with Crippen LogP contribution in [-0.4, -0.2) is 67.8 Å². The number of rotatable bonds is 7. The minimum atomic E-state index is -0.797. The number of nitrogens with zero attached hydrogens (tertiary/aromatic N) is 2. The Morgan fingerprint density at radius 1 is 1.41 bits per heavy atom. The molecule has 1 N–H and O–H groups in total. The highest BCUT2D eigenvalue weighted by Gasteiger charge is 2.38. The Morgan fingerprint density at radius 3 is 2.83 bits per heavy atom. The zero-order chi connectivity index (χ0) is 20.8. The van der Waals surface area contributed by atoms with Gasteiger partial charge in [-0.3, -0.25) is 9.80 Å². The molecule has 7 nitrogen and oxygen atoms in total. The number of halogens is 1. The van der Waals surface area contributed by atoms with Crippen LogP contribution >= 0.6 is 0 Å². The van der Waals surface area contributed by atoms with Gasteiger partial charge in [-0.05, 0) is 24.6 Å². The predicted octanol–water partition coefficient (Wildman–Crippen LogP) is 2.23. The average Bonchev–Trinajstić information content (AvgIpc) is 2.71. The molecule has 2 aliphatic heterocycles. The number of morpholine rings is 1. The highest BCUT2D eigenvalue weighted by Crippen LogP contribution is 2.32. The zero-order valence-corrected chi connectivity index (χ0v) is 16.5. The maximum atomic E-state index is 13.9. The lowest BCUT2D eigenvalue weighted by Crippen LogP contribution is -2.51. The van der Waals surface area contributed by atoms with E-state index in [9.17, 15) is 14.0 Å². The number of ether oxygens (including phenoxy) is 2. The molecule has 2 amide bonds. The van der Waals surface area contributed by atoms with Crippen molar-refractivity contribution in [1.29, 1.82) is 0 Å². The molecule has 156 valence electrons. The van der Waals surface area contributed by atoms with E-state index in [1.807, 2.05) is 0 Å². The van der Waals surface area contributed by atoms with E-state index in [0.29, 0.717) is 49.7 Å². The van der Waals surface area contributed by atoms with Crippen molar-refractivity contribution in [2.45, 2.75) is 13.0 Å². The van der Waals surface area contributed by atoms with Gasteiger partial charge in [0.1, 0.15) is 5.82 Å². The summed E-state index contributed by atoms with van der Waals surface area (Å²) in [4.78, 5) is 29.4. The van der Waals surface area contributed by atoms with Gasteiger partial charge in [0.05, 0.1) is 31.4 Å². The molecule has 2 heterocycles. The molecule has 0 radical (unpaired) electrons. The number of carbonyl (C=O) groups excluding carboxylic acids is 2. The predicted molar refractivity (Wildman–Crippen MR) is 105 cm³/mol. The van der Waals surface area contributed by atoms with Crippen molar-refractivity contribution < 1.29 is 23.5 Å². The normalized spacial score (nSPS) is 20.4. The SMILES string of the molecule is C=CCN1C(=O)NC(c2cccc(F)c2)C(C(=O)OCC)=C1CN1CCOCC1. The summed E-state index contributed by atoms with van der Waals surface area (Å²) in [6.45, 7) is 8.81. The molecule has 1 fully saturated rings. The van der Waals surface area contributed by atoms with Crippen molar-refractivity contribution >= 4 is 12.0 Å². The fourth-order valence-electron chi connectivity index (χ4n) is 3.55. The van der Waals surface area contributed by atoms with Gasteiger partial charge in [0.15, 0.2) is 0 Å². The Kier molecular flexibility index (Phi) is 7.00. The first-order valence-corrected chi connectivity index (χ1v) is 9.69. The van der Waals surface area contributed by atoms with Gasteiger partial charge in [-0.15, -0.1) is 6.58 Å². The molecule has 1 aromatic rings. The number of hydrogen-bond acceptors (Lipinski definition) is 5. The van der Waals surface area contributed by atoms with Crippen LogP contribution < -0.4 is 5.32 Å². The van der Waals surface area contributed by atoms with Crippen molar-refractivity contribution in [2.24, 2.45) is 0 Å². The van der Waals surface area contributed by atoms with E-state index in [1.165, 1.54) is 17.0 Å². The number of hydrogen-bond donors (Lipinski definition) is 1. The van der Waals surface area contributed by atoms with Crippen LogP contribution in [0.4, 0.5) is 9.18 Å². The summed E-state index contributed by atoms with van der Waals surface area (Å²) in [5.41, 5.74) is 1.34. The first-order chi connectivity index (χ1) is 14.0. The van der Waals surface area contributed by atoms with Gasteiger partial charge in [0.2, 0.25) is 0 Å². The highest BCUT2D eigenvalue weighted by atomic mass is 19.1. The molecule has 1 saturated heterocycles. The van der Waals surface area contributed by atoms with Gasteiger partial charge in [-0.2, -0.15) is 0 Å². The summed E-state index contributed by atoms with van der Waals surface area (Å²) < 4.78 is 24.6. The minimum Gasteiger partial charge on any atom is -0.463 e. The Morgan fingerprint density at radius 2 is 2.17 bits per heavy atom. The number of benzene rings is 1. The number of amides is 2. The van der Waals surface area contributed by atoms with E-state index in [0.717, 1.165) is 0 Å². The highest BCUT2D eigenvalue weighted by molar-refractivity contribution is 5.95. The van der Waals surface area contributed by atoms with Crippen LogP contribution in [0.2, 0.25) is 0 Å². The molecule has 2 aliphatic rings. The molecule has 0 aliphatic carbocycles. The van der Waals surface area contributed by atoms with Crippen molar-refractivity contribution in [3.05, 3.63) is 59.6 Å². The third kappa shape index (κ3) is 4.83. The van der Waals surface area contributed by atoms with E-state index < -0.39 is 17.8 Å². The second kappa shape index (κ2) is 9.67. The van der Waals surface area contributed by atoms with Gasteiger partial charge in [0.25, 0.3) is 0 Å². The molecule has 0 bridgehead atoms. The Balaban J connectivity index is 2.10. The Labute approximate surface area is 169 Å². The molecule has 8 heteroatoms. The first kappa shape index (κ1) is 21.0. The van der Waals surface area contributed by atoms with Gasteiger partial charge in [-0.1, -0.05) is 18.2 Å². The van der Waals surface area contributed by atoms with Crippen molar-refractivity contribution in [3.63, 3.8) is 0 Å². The van der Waals surface area contributed by atoms with E-state index in [1.54, 1.807) is 25.1 Å². The average molecular weight is 403 g/mol. The van der Waals surface area contributed by atoms with Crippen LogP contribution in [0.15, 0.2) is 48.2 Å². The summed E-state index contributed by atoms with van der Waals surface area (Å²) in [6.07, 6.45) is 1.60. The second-order valence-corrected chi connectivity index (χ2v) is 6.81. The van der Waals surface area contributed by atoms with Crippen molar-refractivity contribution in [1.82, 2.24) is 15.1 Å². The molecule has 1 aromatic carbocycles. The van der Waals surface area contributed by atoms with Crippen molar-refractivity contribution in [2.75, 3.05) is 46.0 Å². The maximum Gasteiger partial charge on any atom is 0.338 e. The Bertz CT molecular complexity index is 805. The monoisotopic (exact) mass is 403 g/mol. The molecular weight excluding hydrogens is 377 g/mol. The van der Waals surface area contributed by atoms with Crippen LogP contribution in [0.5, 0.6) is 0 Å². The number of esters is 1. The van der Waals surface area contributed by atoms with Crippen LogP contribution in [-0.2, 0) is 14.3 Å². The topological polar surface area (TPSA) is 71.1 Å². The molecule has 1 atom stereocenters. The van der Waals surface area contributed by atoms with Gasteiger partial charge < -0.3 is 14.8 Å². The fraction of sp³-hybridized carbons (Fsp3) is 0.429. The summed E-state index contributed by atoms with van der Waals surface area (Å²) in [5, 5.41) is 2.82. The summed E-state index contributed by atoms with van der Waals surface area (Å²) in [6, 6.07) is 4.71. The quantitative estimate of drug-likeness (QED) is 0.558. The van der Waals surface area contributed by atoms with E-state index in [-0.39, 0.29) is 19.2 Å². The maximum absolute atomic E-state index is 13.9. The summed E-state index contributed by atoms with van der Waals surface area (Å²) in [5.74, 6) is -0.970. The van der Waals surface area contributed by atoms with E-state index >= 15 is 0 Å². The van der Waals surface area contributed by atoms with Crippen LogP contribution in [0.25, 0.3) is 0 Å². The van der Waals surface area contributed by atoms with Crippen LogP contribution in [0.1, 0.15) is 18.5 Å². The standard InChI is InChI=1S/C21H26FN3O4/c1-3-8-25-17(14-24-9-11-28-12-10-24)18(20(26)29-4-2)19(23-21(25)27)15-6-5-7-16(22)13-15/h3,5-7,13,19H,1,4,8-12,14H2,2H3,(H,23,27). The van der Waals surface area contributed by atoms with Crippen LogP contribution in [0.3, 0.4) is 0 Å². The number of carbonyl (C=O) groups is 2. The number of urea groups is 1. The fourth-order valence-corrected chi connectivity index (χ4v) is 3.55. The molecule has 0 aromatic heterocycles. The second-order valence-electron chi connectivity index (χ2n) is 6.81. The lowest BCUT2D eigenvalue weighted by molar-refractivity contribution is -0.139. The summed E-state index contributed by atoms with van der Waals surface area (Å²) >= 11 is 0. The lowest BCUT2D eigenvalue weighted by Gasteiger charge is -2.38. The van der Waals surface area contributed by atoms with Gasteiger partial charge in [-0.25, -0.2) is 14.0 Å². The molecule has 0 saturated carbocycles. The largest absolute Gasteiger partial charge is 0.463 e. The van der Waals surface area contributed by atoms with Crippen molar-refractivity contribution in [3.8, 4) is 0 Å². The molecule has 0 spiro atoms. The lowest BCUT2D eigenvalue weighted by atomic mass is 9.94. The smallest absolute Gasteiger partial charge is 0.338 e. The molecular formula is C21H26FN3O4. The summed E-state index contributed by atoms with van der Waals surface area (Å²) in [7, 11) is 0. The van der Waals surface area contributed by atoms with E-state index in [2.05, 4.69) is 16.8 Å². The van der Waals surface area contributed by atoms with E-state index in [4.69, 9.17) is 9.47 Å². The minimum absolute atomic E-state index is 0.193. The first-order valence-electron chi connectivity index (χ1n) is 9.69. The zero-order valence-electron chi connectivity index (χ0n) is 16.5. The van der Waals surface area contributed by atoms with Gasteiger partial charge >= 0.3 is 12.0 Å².